The van der Waals surface area contributed by atoms with Gasteiger partial charge in [-0.05, 0) is 178 Å². The number of fused-ring (bicyclic) bond motifs is 6. The molecule has 3 heteroatoms. The Kier molecular flexibility index (Phi) is 11.3. The van der Waals surface area contributed by atoms with Crippen LogP contribution in [0.5, 0.6) is 0 Å². The summed E-state index contributed by atoms with van der Waals surface area (Å²) in [5.41, 5.74) is 25.0. The number of rotatable bonds is 10. The highest BCUT2D eigenvalue weighted by molar-refractivity contribution is 6.11. The Balaban J connectivity index is 0.761. The van der Waals surface area contributed by atoms with Gasteiger partial charge in [-0.1, -0.05) is 188 Å². The van der Waals surface area contributed by atoms with Crippen molar-refractivity contribution in [2.45, 2.75) is 13.8 Å². The molecule has 14 aromatic rings. The molecule has 364 valence electrons. The van der Waals surface area contributed by atoms with Crippen LogP contribution >= 0.6 is 0 Å². The minimum atomic E-state index is 1.09. The molecule has 0 unspecified atom stereocenters. The van der Waals surface area contributed by atoms with Gasteiger partial charge in [0.25, 0.3) is 0 Å². The van der Waals surface area contributed by atoms with E-state index in [0.29, 0.717) is 0 Å². The Morgan fingerprint density at radius 2 is 0.571 bits per heavy atom. The highest BCUT2D eigenvalue weighted by atomic mass is 15.1. The van der Waals surface area contributed by atoms with Crippen molar-refractivity contribution in [3.63, 3.8) is 0 Å². The molecule has 3 nitrogen and oxygen atoms in total. The SMILES string of the molecule is Cc1ccccc1-c1ccc(N(c2ccc(-c3ccc(-c4ccc5c(c4)c4ccccc4n5-c4ccccc4)cc3)cc2)c2ccc(-c3ccc(-c4ccc5c(c4)c4ccccc4n5-c4ccccc4)cc3)cc2)cc1C. The minimum Gasteiger partial charge on any atom is -0.310 e. The van der Waals surface area contributed by atoms with Crippen molar-refractivity contribution in [3.05, 3.63) is 296 Å². The summed E-state index contributed by atoms with van der Waals surface area (Å²) in [6.07, 6.45) is 0. The van der Waals surface area contributed by atoms with Crippen LogP contribution in [0.15, 0.2) is 285 Å². The summed E-state index contributed by atoms with van der Waals surface area (Å²) in [4.78, 5) is 2.38. The van der Waals surface area contributed by atoms with E-state index in [1.54, 1.807) is 0 Å². The molecular formula is C74H53N3. The summed E-state index contributed by atoms with van der Waals surface area (Å²) in [7, 11) is 0. The fourth-order valence-electron chi connectivity index (χ4n) is 11.7. The standard InChI is InChI=1S/C74H53N3/c1-50-15-9-10-20-65(50)66-44-43-64(47-51(66)2)75(62-39-33-54(34-40-62)52-25-29-56(30-26-52)58-37-45-73-69(48-58)67-21-11-13-23-71(67)76(73)60-16-5-3-6-17-60)63-41-35-55(36-42-63)53-27-31-57(32-28-53)59-38-46-74-70(49-59)68-22-12-14-24-72(68)77(74)61-18-7-4-8-19-61/h3-49H,1-2H3. The van der Waals surface area contributed by atoms with Gasteiger partial charge in [0.05, 0.1) is 22.1 Å². The van der Waals surface area contributed by atoms with Gasteiger partial charge >= 0.3 is 0 Å². The second-order valence-corrected chi connectivity index (χ2v) is 20.2. The van der Waals surface area contributed by atoms with Crippen molar-refractivity contribution in [3.8, 4) is 67.0 Å². The maximum absolute atomic E-state index is 2.38. The summed E-state index contributed by atoms with van der Waals surface area (Å²) in [6, 6.07) is 104. The Bertz CT molecular complexity index is 4230. The maximum Gasteiger partial charge on any atom is 0.0541 e. The van der Waals surface area contributed by atoms with Crippen LogP contribution in [-0.2, 0) is 0 Å². The largest absolute Gasteiger partial charge is 0.310 e. The van der Waals surface area contributed by atoms with Gasteiger partial charge in [-0.15, -0.1) is 0 Å². The summed E-state index contributed by atoms with van der Waals surface area (Å²) >= 11 is 0. The van der Waals surface area contributed by atoms with Crippen LogP contribution in [0, 0.1) is 13.8 Å². The lowest BCUT2D eigenvalue weighted by atomic mass is 9.96. The summed E-state index contributed by atoms with van der Waals surface area (Å²) in [5, 5.41) is 5.02. The van der Waals surface area contributed by atoms with Crippen LogP contribution in [0.1, 0.15) is 11.1 Å². The second-order valence-electron chi connectivity index (χ2n) is 20.2. The van der Waals surface area contributed by atoms with Crippen LogP contribution in [0.25, 0.3) is 111 Å². The third-order valence-corrected chi connectivity index (χ3v) is 15.6. The minimum absolute atomic E-state index is 1.09. The third-order valence-electron chi connectivity index (χ3n) is 15.6. The Morgan fingerprint density at radius 3 is 1.01 bits per heavy atom. The first-order valence-corrected chi connectivity index (χ1v) is 26.6. The molecule has 2 aromatic heterocycles. The first-order chi connectivity index (χ1) is 38.0. The predicted octanol–water partition coefficient (Wildman–Crippen LogP) is 20.3. The van der Waals surface area contributed by atoms with Crippen LogP contribution in [0.2, 0.25) is 0 Å². The van der Waals surface area contributed by atoms with Crippen LogP contribution in [0.3, 0.4) is 0 Å². The molecule has 14 rings (SSSR count). The molecule has 0 saturated heterocycles. The average Bonchev–Trinajstić information content (AvgIpc) is 4.07. The van der Waals surface area contributed by atoms with E-state index in [-0.39, 0.29) is 0 Å². The van der Waals surface area contributed by atoms with Crippen LogP contribution in [0.4, 0.5) is 17.1 Å². The van der Waals surface area contributed by atoms with Gasteiger partial charge in [0.2, 0.25) is 0 Å². The van der Waals surface area contributed by atoms with E-state index in [2.05, 4.69) is 313 Å². The van der Waals surface area contributed by atoms with Crippen molar-refractivity contribution < 1.29 is 0 Å². The van der Waals surface area contributed by atoms with Gasteiger partial charge in [-0.2, -0.15) is 0 Å². The maximum atomic E-state index is 2.38. The molecule has 0 aliphatic rings. The first-order valence-electron chi connectivity index (χ1n) is 26.6. The average molecular weight is 984 g/mol. The Labute approximate surface area is 449 Å². The monoisotopic (exact) mass is 983 g/mol. The lowest BCUT2D eigenvalue weighted by Gasteiger charge is -2.27. The number of aromatic nitrogens is 2. The van der Waals surface area contributed by atoms with Gasteiger partial charge in [-0.3, -0.25) is 0 Å². The first kappa shape index (κ1) is 45.6. The van der Waals surface area contributed by atoms with Crippen LogP contribution < -0.4 is 4.90 Å². The zero-order chi connectivity index (χ0) is 51.4. The number of nitrogens with zero attached hydrogens (tertiary/aromatic N) is 3. The zero-order valence-electron chi connectivity index (χ0n) is 43.0. The van der Waals surface area contributed by atoms with E-state index in [9.17, 15) is 0 Å². The molecule has 0 aliphatic heterocycles. The predicted molar refractivity (Wildman–Crippen MR) is 326 cm³/mol. The molecule has 0 amide bonds. The van der Waals surface area contributed by atoms with Gasteiger partial charge in [0.15, 0.2) is 0 Å². The normalized spacial score (nSPS) is 11.5. The second kappa shape index (κ2) is 19.1. The summed E-state index contributed by atoms with van der Waals surface area (Å²) < 4.78 is 4.74. The molecule has 0 fully saturated rings. The Hall–Kier alpha value is -9.96. The number of anilines is 3. The quantitative estimate of drug-likeness (QED) is 0.133. The van der Waals surface area contributed by atoms with Crippen LogP contribution in [-0.4, -0.2) is 9.13 Å². The molecule has 0 atom stereocenters. The summed E-state index contributed by atoms with van der Waals surface area (Å²) in [6.45, 7) is 4.42. The van der Waals surface area contributed by atoms with Crippen molar-refractivity contribution in [2.75, 3.05) is 4.90 Å². The topological polar surface area (TPSA) is 13.1 Å². The third kappa shape index (κ3) is 8.17. The van der Waals surface area contributed by atoms with E-state index in [0.717, 1.165) is 17.1 Å². The number of aryl methyl sites for hydroxylation is 2. The summed E-state index contributed by atoms with van der Waals surface area (Å²) in [5.74, 6) is 0. The van der Waals surface area contributed by atoms with Crippen molar-refractivity contribution in [1.29, 1.82) is 0 Å². The number of benzene rings is 12. The van der Waals surface area contributed by atoms with Gasteiger partial charge in [-0.25, -0.2) is 0 Å². The fourth-order valence-corrected chi connectivity index (χ4v) is 11.7. The molecule has 0 N–H and O–H groups in total. The van der Waals surface area contributed by atoms with Gasteiger partial charge in [0, 0.05) is 50.0 Å². The van der Waals surface area contributed by atoms with E-state index in [1.807, 2.05) is 0 Å². The van der Waals surface area contributed by atoms with Crippen molar-refractivity contribution in [1.82, 2.24) is 9.13 Å². The smallest absolute Gasteiger partial charge is 0.0541 e. The molecular weight excluding hydrogens is 931 g/mol. The Morgan fingerprint density at radius 1 is 0.234 bits per heavy atom. The van der Waals surface area contributed by atoms with Crippen molar-refractivity contribution >= 4 is 60.7 Å². The van der Waals surface area contributed by atoms with Gasteiger partial charge in [0.1, 0.15) is 0 Å². The fraction of sp³-hybridized carbons (Fsp3) is 0.0270. The molecule has 0 bridgehead atoms. The number of hydrogen-bond acceptors (Lipinski definition) is 1. The van der Waals surface area contributed by atoms with E-state index >= 15 is 0 Å². The highest BCUT2D eigenvalue weighted by Crippen LogP contribution is 2.41. The molecule has 77 heavy (non-hydrogen) atoms. The molecule has 0 saturated carbocycles. The van der Waals surface area contributed by atoms with E-state index < -0.39 is 0 Å². The zero-order valence-corrected chi connectivity index (χ0v) is 43.0. The molecule has 12 aromatic carbocycles. The highest BCUT2D eigenvalue weighted by Gasteiger charge is 2.18. The lowest BCUT2D eigenvalue weighted by Crippen LogP contribution is -2.10. The van der Waals surface area contributed by atoms with Crippen molar-refractivity contribution in [2.24, 2.45) is 0 Å². The lowest BCUT2D eigenvalue weighted by molar-refractivity contribution is 1.18. The van der Waals surface area contributed by atoms with E-state index in [1.165, 1.54) is 122 Å². The van der Waals surface area contributed by atoms with Gasteiger partial charge < -0.3 is 14.0 Å². The molecule has 0 radical (unpaired) electrons. The molecule has 2 heterocycles. The number of hydrogen-bond donors (Lipinski definition) is 0. The van der Waals surface area contributed by atoms with E-state index in [4.69, 9.17) is 0 Å². The molecule has 0 aliphatic carbocycles. The molecule has 0 spiro atoms. The number of para-hydroxylation sites is 4.